The second kappa shape index (κ2) is 17.8. The first-order chi connectivity index (χ1) is 25.6. The summed E-state index contributed by atoms with van der Waals surface area (Å²) in [6.45, 7) is 4.49. The molecule has 0 spiro atoms. The summed E-state index contributed by atoms with van der Waals surface area (Å²) in [4.78, 5) is 11.9. The lowest BCUT2D eigenvalue weighted by molar-refractivity contribution is 0.112. The number of carbonyl (C=O) groups excluding carboxylic acids is 1. The van der Waals surface area contributed by atoms with Gasteiger partial charge in [-0.2, -0.15) is 0 Å². The van der Waals surface area contributed by atoms with Crippen molar-refractivity contribution in [2.75, 3.05) is 0 Å². The summed E-state index contributed by atoms with van der Waals surface area (Å²) in [6.07, 6.45) is 9.25. The zero-order valence-electron chi connectivity index (χ0n) is 30.3. The number of carbonyl (C=O) groups is 1. The van der Waals surface area contributed by atoms with Crippen LogP contribution in [0.2, 0.25) is 12.1 Å². The molecule has 0 fully saturated rings. The zero-order valence-corrected chi connectivity index (χ0v) is 32.3. The fourth-order valence-electron chi connectivity index (χ4n) is 7.10. The minimum atomic E-state index is -2.78. The third kappa shape index (κ3) is 8.44. The maximum atomic E-state index is 11.9. The fraction of sp³-hybridized carbons (Fsp3) is 0.170. The molecule has 0 amide bonds. The highest BCUT2D eigenvalue weighted by atomic mass is 28.4. The topological polar surface area (TPSA) is 35.5 Å². The van der Waals surface area contributed by atoms with Gasteiger partial charge in [0.05, 0.1) is 0 Å². The molecule has 0 aliphatic heterocycles. The Morgan fingerprint density at radius 3 is 1.19 bits per heavy atom. The minimum absolute atomic E-state index is 0.654. The van der Waals surface area contributed by atoms with Gasteiger partial charge in [0.25, 0.3) is 0 Å². The van der Waals surface area contributed by atoms with Crippen LogP contribution in [0.25, 0.3) is 12.2 Å². The molecule has 262 valence electrons. The molecule has 0 heterocycles. The van der Waals surface area contributed by atoms with Crippen molar-refractivity contribution in [2.24, 2.45) is 0 Å². The van der Waals surface area contributed by atoms with E-state index in [-0.39, 0.29) is 0 Å². The Balaban J connectivity index is 1.55. The lowest BCUT2D eigenvalue weighted by Crippen LogP contribution is -2.63. The smallest absolute Gasteiger partial charge is 0.314 e. The predicted molar refractivity (Wildman–Crippen MR) is 224 cm³/mol. The summed E-state index contributed by atoms with van der Waals surface area (Å²) in [5.41, 5.74) is 2.47. The molecule has 0 unspecified atom stereocenters. The number of hydrogen-bond donors (Lipinski definition) is 0. The Morgan fingerprint density at radius 2 is 0.827 bits per heavy atom. The van der Waals surface area contributed by atoms with E-state index in [0.717, 1.165) is 66.7 Å². The van der Waals surface area contributed by atoms with Crippen LogP contribution in [0.1, 0.15) is 61.0 Å². The van der Waals surface area contributed by atoms with Crippen molar-refractivity contribution in [3.63, 3.8) is 0 Å². The largest absolute Gasteiger partial charge is 0.534 e. The molecule has 0 bridgehead atoms. The Bertz CT molecular complexity index is 1840. The lowest BCUT2D eigenvalue weighted by Gasteiger charge is -2.35. The predicted octanol–water partition coefficient (Wildman–Crippen LogP) is 9.55. The zero-order chi connectivity index (χ0) is 36.1. The molecule has 6 aromatic rings. The van der Waals surface area contributed by atoms with Crippen LogP contribution in [0.5, 0.6) is 11.5 Å². The Labute approximate surface area is 311 Å². The van der Waals surface area contributed by atoms with Crippen molar-refractivity contribution >= 4 is 55.8 Å². The van der Waals surface area contributed by atoms with E-state index in [1.165, 1.54) is 20.7 Å². The molecule has 5 heteroatoms. The Morgan fingerprint density at radius 1 is 0.462 bits per heavy atom. The Hall–Kier alpha value is -5.24. The average Bonchev–Trinajstić information content (AvgIpc) is 3.21. The molecule has 0 aliphatic rings. The molecule has 6 rings (SSSR count). The van der Waals surface area contributed by atoms with Gasteiger partial charge >= 0.3 is 16.6 Å². The third-order valence-electron chi connectivity index (χ3n) is 9.79. The third-order valence-corrected chi connectivity index (χ3v) is 18.1. The van der Waals surface area contributed by atoms with E-state index < -0.39 is 16.6 Å². The van der Waals surface area contributed by atoms with Gasteiger partial charge in [0, 0.05) is 11.6 Å². The quantitative estimate of drug-likeness (QED) is 0.0536. The van der Waals surface area contributed by atoms with E-state index in [4.69, 9.17) is 8.85 Å². The van der Waals surface area contributed by atoms with E-state index in [1.54, 1.807) is 0 Å². The molecule has 0 aliphatic carbocycles. The molecule has 0 saturated heterocycles. The van der Waals surface area contributed by atoms with Crippen LogP contribution in [0, 0.1) is 0 Å². The highest BCUT2D eigenvalue weighted by Crippen LogP contribution is 2.31. The molecule has 0 aromatic heterocycles. The van der Waals surface area contributed by atoms with Crippen molar-refractivity contribution in [1.82, 2.24) is 0 Å². The minimum Gasteiger partial charge on any atom is -0.534 e. The molecule has 0 N–H and O–H groups in total. The van der Waals surface area contributed by atoms with Gasteiger partial charge in [0.2, 0.25) is 0 Å². The SMILES string of the molecule is CCCC[Si](Oc1cc(C=Cc2ccccc2C=O)cc(O[Si](CCCC)(c2ccccc2)c2ccccc2)c1)(c1ccccc1)c1ccccc1. The normalized spacial score (nSPS) is 11.7. The van der Waals surface area contributed by atoms with Crippen LogP contribution in [0.4, 0.5) is 0 Å². The van der Waals surface area contributed by atoms with Crippen LogP contribution < -0.4 is 29.6 Å². The first-order valence-corrected chi connectivity index (χ1v) is 22.8. The van der Waals surface area contributed by atoms with Crippen molar-refractivity contribution in [3.05, 3.63) is 180 Å². The van der Waals surface area contributed by atoms with Gasteiger partial charge in [0.15, 0.2) is 6.29 Å². The molecule has 52 heavy (non-hydrogen) atoms. The lowest BCUT2D eigenvalue weighted by atomic mass is 10.1. The van der Waals surface area contributed by atoms with Crippen LogP contribution in [-0.4, -0.2) is 22.9 Å². The number of rotatable bonds is 17. The van der Waals surface area contributed by atoms with Gasteiger partial charge in [-0.3, -0.25) is 4.79 Å². The van der Waals surface area contributed by atoms with E-state index in [1.807, 2.05) is 30.3 Å². The second-order valence-electron chi connectivity index (χ2n) is 13.3. The first kappa shape index (κ1) is 36.6. The molecule has 0 saturated carbocycles. The van der Waals surface area contributed by atoms with E-state index in [0.29, 0.717) is 5.56 Å². The van der Waals surface area contributed by atoms with Crippen molar-refractivity contribution in [2.45, 2.75) is 51.6 Å². The molecule has 0 radical (unpaired) electrons. The van der Waals surface area contributed by atoms with Crippen LogP contribution in [0.3, 0.4) is 0 Å². The second-order valence-corrected chi connectivity index (χ2v) is 20.4. The first-order valence-electron chi connectivity index (χ1n) is 18.6. The van der Waals surface area contributed by atoms with Gasteiger partial charge in [-0.25, -0.2) is 0 Å². The average molecular weight is 717 g/mol. The van der Waals surface area contributed by atoms with E-state index >= 15 is 0 Å². The summed E-state index contributed by atoms with van der Waals surface area (Å²) in [5.74, 6) is 1.58. The molecular formula is C47H48O3Si2. The fourth-order valence-corrected chi connectivity index (χ4v) is 15.3. The Kier molecular flexibility index (Phi) is 12.5. The monoisotopic (exact) mass is 716 g/mol. The molecule has 3 nitrogen and oxygen atoms in total. The van der Waals surface area contributed by atoms with Gasteiger partial charge in [-0.05, 0) is 56.1 Å². The maximum Gasteiger partial charge on any atom is 0.314 e. The molecule has 0 atom stereocenters. The maximum absolute atomic E-state index is 11.9. The summed E-state index contributed by atoms with van der Waals surface area (Å²) in [5, 5.41) is 4.99. The molecular weight excluding hydrogens is 669 g/mol. The van der Waals surface area contributed by atoms with Crippen LogP contribution >= 0.6 is 0 Å². The number of hydrogen-bond acceptors (Lipinski definition) is 3. The van der Waals surface area contributed by atoms with E-state index in [9.17, 15) is 4.79 Å². The highest BCUT2D eigenvalue weighted by Gasteiger charge is 2.43. The van der Waals surface area contributed by atoms with Crippen molar-refractivity contribution in [3.8, 4) is 11.5 Å². The van der Waals surface area contributed by atoms with Gasteiger partial charge < -0.3 is 8.85 Å². The molecule has 6 aromatic carbocycles. The van der Waals surface area contributed by atoms with Crippen LogP contribution in [-0.2, 0) is 0 Å². The summed E-state index contributed by atoms with van der Waals surface area (Å²) in [7, 11) is -5.56. The van der Waals surface area contributed by atoms with Gasteiger partial charge in [0.1, 0.15) is 11.5 Å². The number of benzene rings is 6. The van der Waals surface area contributed by atoms with Gasteiger partial charge in [-0.1, -0.05) is 197 Å². The number of unbranched alkanes of at least 4 members (excludes halogenated alkanes) is 2. The summed E-state index contributed by atoms with van der Waals surface area (Å²) < 4.78 is 15.1. The van der Waals surface area contributed by atoms with E-state index in [2.05, 4.69) is 159 Å². The number of aldehydes is 1. The van der Waals surface area contributed by atoms with Crippen molar-refractivity contribution < 1.29 is 13.6 Å². The summed E-state index contributed by atoms with van der Waals surface area (Å²) in [6, 6.07) is 59.2. The standard InChI is InChI=1S/C47H48O3Si2/c1-3-5-33-51(44-23-11-7-12-24-44,45-25-13-8-14-26-45)49-42-35-39(31-32-40-21-19-20-22-41(40)38-48)36-43(37-42)50-52(34-6-4-2,46-27-15-9-16-28-46)47-29-17-10-18-30-47/h7-32,35-38H,3-6,33-34H2,1-2H3. The van der Waals surface area contributed by atoms with Crippen molar-refractivity contribution in [1.29, 1.82) is 0 Å². The highest BCUT2D eigenvalue weighted by molar-refractivity contribution is 6.98. The van der Waals surface area contributed by atoms with Crippen LogP contribution in [0.15, 0.2) is 164 Å². The van der Waals surface area contributed by atoms with Gasteiger partial charge in [-0.15, -0.1) is 0 Å². The summed E-state index contributed by atoms with van der Waals surface area (Å²) >= 11 is 0.